The average molecular weight is 1150 g/mol. The Bertz CT molecular complexity index is 2360. The van der Waals surface area contributed by atoms with Crippen molar-refractivity contribution in [2.24, 2.45) is 17.6 Å². The maximum atomic E-state index is 13.6. The molecule has 1 spiro atoms. The summed E-state index contributed by atoms with van der Waals surface area (Å²) in [5.74, 6) is -2.17. The van der Waals surface area contributed by atoms with E-state index in [0.29, 0.717) is 75.1 Å². The number of urea groups is 1. The first-order valence-electron chi connectivity index (χ1n) is 27.9. The highest BCUT2D eigenvalue weighted by Gasteiger charge is 2.51. The number of benzene rings is 1. The van der Waals surface area contributed by atoms with Gasteiger partial charge in [0.2, 0.25) is 35.4 Å². The van der Waals surface area contributed by atoms with Crippen LogP contribution in [0.3, 0.4) is 0 Å². The van der Waals surface area contributed by atoms with Crippen LogP contribution in [-0.4, -0.2) is 146 Å². The van der Waals surface area contributed by atoms with Gasteiger partial charge in [0.05, 0.1) is 61.5 Å². The fourth-order valence-electron chi connectivity index (χ4n) is 9.31. The normalized spacial score (nSPS) is 22.7. The SMILES string of the molecule is CSCC(=O)NCCCCCC(=O)N[C@H](C(=O)N[C@@H](CCCNC(N)=O)C(=O)Nc1ccc(COC(=O)NCNC(=O)C[C@@H]2C[C@@]3(CO3)C[C@@H](/C=C/C(C)=C/C[C@@H]3O[C@H](C)[C@H](NC(=O)/C=C\[C@H](C)OC(C)=O)C[C@@H]3C)O2)cc1)C(C)C. The van der Waals surface area contributed by atoms with Crippen molar-refractivity contribution in [2.75, 3.05) is 43.7 Å². The number of unbranched alkanes of at least 4 members (excludes halogenated alkanes) is 2. The topological polar surface area (TPSA) is 325 Å². The van der Waals surface area contributed by atoms with E-state index in [4.69, 9.17) is 29.4 Å². The molecule has 9 amide bonds. The molecular formula is C57H87N9O14S. The van der Waals surface area contributed by atoms with Crippen LogP contribution in [0, 0.1) is 11.8 Å². The fourth-order valence-corrected chi connectivity index (χ4v) is 9.67. The first-order chi connectivity index (χ1) is 38.5. The maximum absolute atomic E-state index is 13.6. The summed E-state index contributed by atoms with van der Waals surface area (Å²) < 4.78 is 28.9. The molecule has 3 heterocycles. The predicted octanol–water partition coefficient (Wildman–Crippen LogP) is 4.44. The van der Waals surface area contributed by atoms with Crippen LogP contribution in [0.2, 0.25) is 0 Å². The molecule has 81 heavy (non-hydrogen) atoms. The molecule has 3 aliphatic heterocycles. The summed E-state index contributed by atoms with van der Waals surface area (Å²) in [6.07, 6.45) is 14.0. The Morgan fingerprint density at radius 3 is 2.25 bits per heavy atom. The molecule has 10 atom stereocenters. The Kier molecular flexibility index (Phi) is 28.7. The van der Waals surface area contributed by atoms with E-state index in [9.17, 15) is 43.2 Å². The van der Waals surface area contributed by atoms with Crippen molar-refractivity contribution in [1.82, 2.24) is 37.2 Å². The smallest absolute Gasteiger partial charge is 0.408 e. The van der Waals surface area contributed by atoms with Crippen molar-refractivity contribution in [3.05, 3.63) is 65.8 Å². The Labute approximate surface area is 480 Å². The van der Waals surface area contributed by atoms with E-state index in [1.54, 1.807) is 45.0 Å². The molecule has 23 nitrogen and oxygen atoms in total. The number of ether oxygens (including phenoxy) is 5. The number of nitrogens with two attached hydrogens (primary N) is 1. The van der Waals surface area contributed by atoms with Crippen molar-refractivity contribution in [2.45, 2.75) is 180 Å². The first-order valence-corrected chi connectivity index (χ1v) is 29.3. The van der Waals surface area contributed by atoms with Crippen molar-refractivity contribution in [1.29, 1.82) is 0 Å². The third-order valence-electron chi connectivity index (χ3n) is 13.8. The Morgan fingerprint density at radius 2 is 1.57 bits per heavy atom. The van der Waals surface area contributed by atoms with Crippen molar-refractivity contribution in [3.8, 4) is 0 Å². The highest BCUT2D eigenvalue weighted by molar-refractivity contribution is 7.99. The van der Waals surface area contributed by atoms with Gasteiger partial charge in [0.25, 0.3) is 0 Å². The number of esters is 1. The monoisotopic (exact) mass is 1150 g/mol. The van der Waals surface area contributed by atoms with E-state index >= 15 is 0 Å². The van der Waals surface area contributed by atoms with E-state index < -0.39 is 54.2 Å². The number of carbonyl (C=O) groups is 9. The number of epoxide rings is 1. The van der Waals surface area contributed by atoms with Gasteiger partial charge < -0.3 is 72.0 Å². The number of primary amides is 1. The molecule has 0 aromatic heterocycles. The van der Waals surface area contributed by atoms with Crippen LogP contribution >= 0.6 is 11.8 Å². The lowest BCUT2D eigenvalue weighted by molar-refractivity contribution is -0.143. The van der Waals surface area contributed by atoms with Gasteiger partial charge in [0, 0.05) is 51.0 Å². The lowest BCUT2D eigenvalue weighted by Gasteiger charge is -2.39. The Balaban J connectivity index is 1.17. The van der Waals surface area contributed by atoms with Crippen LogP contribution in [0.1, 0.15) is 125 Å². The molecule has 0 unspecified atom stereocenters. The highest BCUT2D eigenvalue weighted by atomic mass is 32.2. The van der Waals surface area contributed by atoms with Crippen LogP contribution in [0.4, 0.5) is 15.3 Å². The molecule has 1 aromatic rings. The molecule has 0 bridgehead atoms. The summed E-state index contributed by atoms with van der Waals surface area (Å²) >= 11 is 1.44. The molecule has 0 radical (unpaired) electrons. The largest absolute Gasteiger partial charge is 0.459 e. The number of hydrogen-bond donors (Lipinski definition) is 9. The summed E-state index contributed by atoms with van der Waals surface area (Å²) in [6.45, 7) is 13.6. The van der Waals surface area contributed by atoms with E-state index in [0.717, 1.165) is 12.0 Å². The molecule has 3 aliphatic rings. The highest BCUT2D eigenvalue weighted by Crippen LogP contribution is 2.43. The molecule has 10 N–H and O–H groups in total. The van der Waals surface area contributed by atoms with Gasteiger partial charge in [-0.05, 0) is 101 Å². The Morgan fingerprint density at radius 1 is 0.840 bits per heavy atom. The minimum atomic E-state index is -1.04. The van der Waals surface area contributed by atoms with Crippen LogP contribution in [0.25, 0.3) is 0 Å². The summed E-state index contributed by atoms with van der Waals surface area (Å²) in [5.41, 5.74) is 6.89. The number of amides is 9. The van der Waals surface area contributed by atoms with E-state index in [2.05, 4.69) is 55.5 Å². The van der Waals surface area contributed by atoms with E-state index in [-0.39, 0.29) is 105 Å². The molecular weight excluding hydrogens is 1070 g/mol. The minimum Gasteiger partial charge on any atom is -0.459 e. The van der Waals surface area contributed by atoms with E-state index in [1.807, 2.05) is 32.3 Å². The fraction of sp³-hybridized carbons (Fsp3) is 0.632. The second-order valence-corrected chi connectivity index (χ2v) is 22.3. The van der Waals surface area contributed by atoms with Crippen molar-refractivity contribution < 1.29 is 66.8 Å². The van der Waals surface area contributed by atoms with Gasteiger partial charge >= 0.3 is 18.1 Å². The van der Waals surface area contributed by atoms with Crippen molar-refractivity contribution >= 4 is 71.0 Å². The summed E-state index contributed by atoms with van der Waals surface area (Å²) in [6, 6.07) is 3.65. The summed E-state index contributed by atoms with van der Waals surface area (Å²) in [4.78, 5) is 112. The minimum absolute atomic E-state index is 0.0333. The molecule has 0 saturated carbocycles. The number of allylic oxidation sites excluding steroid dienone is 2. The average Bonchev–Trinajstić information content (AvgIpc) is 4.18. The number of anilines is 1. The van der Waals surface area contributed by atoms with Gasteiger partial charge in [-0.1, -0.05) is 63.1 Å². The molecule has 450 valence electrons. The van der Waals surface area contributed by atoms with Gasteiger partial charge in [-0.25, -0.2) is 9.59 Å². The van der Waals surface area contributed by atoms with Gasteiger partial charge in [-0.15, -0.1) is 0 Å². The Hall–Kier alpha value is -6.50. The zero-order valence-corrected chi connectivity index (χ0v) is 49.0. The predicted molar refractivity (Wildman–Crippen MR) is 306 cm³/mol. The summed E-state index contributed by atoms with van der Waals surface area (Å²) in [7, 11) is 0. The maximum Gasteiger partial charge on any atom is 0.408 e. The number of hydrogen-bond acceptors (Lipinski definition) is 15. The summed E-state index contributed by atoms with van der Waals surface area (Å²) in [5, 5.41) is 21.9. The van der Waals surface area contributed by atoms with Crippen LogP contribution in [0.15, 0.2) is 60.2 Å². The van der Waals surface area contributed by atoms with Gasteiger partial charge in [0.1, 0.15) is 24.8 Å². The quantitative estimate of drug-likeness (QED) is 0.0120. The number of carbonyl (C=O) groups excluding carboxylic acids is 9. The molecule has 3 fully saturated rings. The van der Waals surface area contributed by atoms with Gasteiger partial charge in [0.15, 0.2) is 0 Å². The second kappa shape index (κ2) is 34.7. The number of alkyl carbamates (subject to hydrolysis) is 1. The van der Waals surface area contributed by atoms with Gasteiger partial charge in [-0.2, -0.15) is 11.8 Å². The molecule has 24 heteroatoms. The zero-order chi connectivity index (χ0) is 59.5. The third kappa shape index (κ3) is 26.3. The number of nitrogens with one attached hydrogen (secondary N) is 8. The lowest BCUT2D eigenvalue weighted by Crippen LogP contribution is -2.54. The van der Waals surface area contributed by atoms with E-state index in [1.165, 1.54) is 30.8 Å². The number of rotatable bonds is 32. The standard InChI is InChI=1S/C57H87N9O14S/c1-35(2)52(66-48(68)14-10-9-11-25-59-51(71)32-81-8)54(73)65-45(13-12-26-60-55(58)74)53(72)63-42-20-18-41(19-21-42)31-76-56(75)62-34-61-50(70)28-44-30-57(33-77-57)29-43(80-44)22-15-36(3)16-23-47-37(4)27-46(39(6)79-47)64-49(69)24-17-38(5)78-40(7)67/h15-22,24,35,37-39,43-47,52H,9-14,23,25-34H2,1-8H3,(H,59,71)(H,61,70)(H,62,75)(H,63,72)(H,64,69)(H,65,73)(H,66,68)(H3,58,60,74)/b22-15+,24-17-,36-16+/t37-,38-,39+,43+,44+,45-,46+,47-,52-,57+/m0/s1. The molecule has 1 aromatic carbocycles. The molecule has 3 saturated heterocycles. The molecule has 0 aliphatic carbocycles. The first kappa shape index (κ1) is 67.0. The van der Waals surface area contributed by atoms with Gasteiger partial charge in [-0.3, -0.25) is 33.6 Å². The second-order valence-electron chi connectivity index (χ2n) is 21.4. The van der Waals surface area contributed by atoms with Crippen LogP contribution in [-0.2, 0) is 63.9 Å². The van der Waals surface area contributed by atoms with Crippen LogP contribution < -0.4 is 48.3 Å². The van der Waals surface area contributed by atoms with Crippen molar-refractivity contribution in [3.63, 3.8) is 0 Å². The molecule has 4 rings (SSSR count). The van der Waals surface area contributed by atoms with Crippen LogP contribution in [0.5, 0.6) is 0 Å². The lowest BCUT2D eigenvalue weighted by atomic mass is 9.88. The third-order valence-corrected chi connectivity index (χ3v) is 14.4. The number of thioether (sulfide) groups is 1. The zero-order valence-electron chi connectivity index (χ0n) is 48.2.